The lowest BCUT2D eigenvalue weighted by atomic mass is 9.96. The summed E-state index contributed by atoms with van der Waals surface area (Å²) in [6.07, 6.45) is 4.98. The topological polar surface area (TPSA) is 79.0 Å². The van der Waals surface area contributed by atoms with Gasteiger partial charge >= 0.3 is 0 Å². The van der Waals surface area contributed by atoms with Crippen LogP contribution < -0.4 is 20.9 Å². The Morgan fingerprint density at radius 3 is 3.22 bits per heavy atom. The van der Waals surface area contributed by atoms with Crippen LogP contribution in [0.2, 0.25) is 0 Å². The fraction of sp³-hybridized carbons (Fsp3) is 0.667. The molecule has 1 saturated heterocycles. The van der Waals surface area contributed by atoms with Crippen molar-refractivity contribution < 1.29 is 4.74 Å². The van der Waals surface area contributed by atoms with Crippen LogP contribution in [0.1, 0.15) is 19.3 Å². The van der Waals surface area contributed by atoms with E-state index in [1.807, 2.05) is 0 Å². The van der Waals surface area contributed by atoms with Crippen molar-refractivity contribution in [1.82, 2.24) is 15.3 Å². The van der Waals surface area contributed by atoms with Gasteiger partial charge < -0.3 is 20.4 Å². The Labute approximate surface area is 106 Å². The summed E-state index contributed by atoms with van der Waals surface area (Å²) in [5.74, 6) is 1.48. The minimum atomic E-state index is -0.255. The van der Waals surface area contributed by atoms with E-state index in [0.717, 1.165) is 26.1 Å². The van der Waals surface area contributed by atoms with Crippen molar-refractivity contribution in [3.8, 4) is 5.75 Å². The van der Waals surface area contributed by atoms with Crippen LogP contribution in [-0.4, -0.2) is 36.7 Å². The number of nitrogens with zero attached hydrogens (tertiary/aromatic N) is 1. The fourth-order valence-corrected chi connectivity index (χ4v) is 2.27. The quantitative estimate of drug-likeness (QED) is 0.714. The van der Waals surface area contributed by atoms with E-state index in [2.05, 4.69) is 20.6 Å². The molecule has 0 radical (unpaired) electrons. The van der Waals surface area contributed by atoms with Gasteiger partial charge in [0.05, 0.1) is 13.4 Å². The van der Waals surface area contributed by atoms with E-state index in [1.54, 1.807) is 0 Å². The number of anilines is 1. The molecule has 0 spiro atoms. The normalized spacial score (nSPS) is 19.5. The fourth-order valence-electron chi connectivity index (χ4n) is 2.27. The van der Waals surface area contributed by atoms with Crippen molar-refractivity contribution in [3.05, 3.63) is 16.7 Å². The first-order valence-electron chi connectivity index (χ1n) is 6.37. The number of ether oxygens (including phenoxy) is 1. The second-order valence-corrected chi connectivity index (χ2v) is 4.54. The van der Waals surface area contributed by atoms with Crippen LogP contribution in [0.3, 0.4) is 0 Å². The Morgan fingerprint density at radius 1 is 1.61 bits per heavy atom. The molecule has 1 aliphatic heterocycles. The van der Waals surface area contributed by atoms with E-state index in [9.17, 15) is 4.79 Å². The largest absolute Gasteiger partial charge is 0.489 e. The van der Waals surface area contributed by atoms with E-state index in [-0.39, 0.29) is 11.3 Å². The highest BCUT2D eigenvalue weighted by Crippen LogP contribution is 2.17. The molecule has 0 saturated carbocycles. The Hall–Kier alpha value is -1.56. The molecule has 1 aromatic rings. The number of nitrogens with one attached hydrogen (secondary N) is 3. The SMILES string of the molecule is COc1c(NCCC2CCCNC2)nc[nH]c1=O. The molecule has 6 heteroatoms. The van der Waals surface area contributed by atoms with Crippen molar-refractivity contribution >= 4 is 5.82 Å². The lowest BCUT2D eigenvalue weighted by molar-refractivity contribution is 0.364. The molecule has 0 aromatic carbocycles. The second-order valence-electron chi connectivity index (χ2n) is 4.54. The third kappa shape index (κ3) is 3.22. The Balaban J connectivity index is 1.86. The maximum Gasteiger partial charge on any atom is 0.295 e. The molecule has 1 fully saturated rings. The van der Waals surface area contributed by atoms with Gasteiger partial charge in [0.25, 0.3) is 5.56 Å². The molecule has 1 atom stereocenters. The van der Waals surface area contributed by atoms with Crippen molar-refractivity contribution in [1.29, 1.82) is 0 Å². The molecule has 1 aliphatic rings. The number of methoxy groups -OCH3 is 1. The number of aromatic amines is 1. The maximum atomic E-state index is 11.5. The molecule has 0 aliphatic carbocycles. The standard InChI is InChI=1S/C12H20N4O2/c1-18-10-11(15-8-16-12(10)17)14-6-4-9-3-2-5-13-7-9/h8-9,13H,2-7H2,1H3,(H2,14,15,16,17). The molecule has 3 N–H and O–H groups in total. The van der Waals surface area contributed by atoms with Crippen molar-refractivity contribution in [2.45, 2.75) is 19.3 Å². The van der Waals surface area contributed by atoms with Crippen molar-refractivity contribution in [2.75, 3.05) is 32.1 Å². The van der Waals surface area contributed by atoms with E-state index >= 15 is 0 Å². The average molecular weight is 252 g/mol. The highest BCUT2D eigenvalue weighted by Gasteiger charge is 2.13. The summed E-state index contributed by atoms with van der Waals surface area (Å²) >= 11 is 0. The van der Waals surface area contributed by atoms with Crippen LogP contribution in [0.15, 0.2) is 11.1 Å². The molecule has 6 nitrogen and oxygen atoms in total. The van der Waals surface area contributed by atoms with Gasteiger partial charge in [-0.05, 0) is 38.3 Å². The zero-order chi connectivity index (χ0) is 12.8. The lowest BCUT2D eigenvalue weighted by Gasteiger charge is -2.22. The number of hydrogen-bond acceptors (Lipinski definition) is 5. The summed E-state index contributed by atoms with van der Waals surface area (Å²) in [7, 11) is 1.47. The first-order chi connectivity index (χ1) is 8.81. The molecule has 2 heterocycles. The van der Waals surface area contributed by atoms with Crippen LogP contribution in [-0.2, 0) is 0 Å². The van der Waals surface area contributed by atoms with E-state index in [1.165, 1.54) is 26.3 Å². The summed E-state index contributed by atoms with van der Waals surface area (Å²) in [6, 6.07) is 0. The zero-order valence-electron chi connectivity index (χ0n) is 10.7. The summed E-state index contributed by atoms with van der Waals surface area (Å²) < 4.78 is 5.04. The second kappa shape index (κ2) is 6.39. The van der Waals surface area contributed by atoms with Crippen LogP contribution in [0.5, 0.6) is 5.75 Å². The molecule has 1 aromatic heterocycles. The summed E-state index contributed by atoms with van der Waals surface area (Å²) in [6.45, 7) is 3.02. The molecular formula is C12H20N4O2. The molecule has 1 unspecified atom stereocenters. The van der Waals surface area contributed by atoms with Gasteiger partial charge in [0, 0.05) is 6.54 Å². The van der Waals surface area contributed by atoms with Gasteiger partial charge in [0.1, 0.15) is 0 Å². The van der Waals surface area contributed by atoms with E-state index in [4.69, 9.17) is 4.74 Å². The molecule has 0 bridgehead atoms. The zero-order valence-corrected chi connectivity index (χ0v) is 10.7. The lowest BCUT2D eigenvalue weighted by Crippen LogP contribution is -2.30. The first-order valence-corrected chi connectivity index (χ1v) is 6.37. The van der Waals surface area contributed by atoms with Crippen molar-refractivity contribution in [2.24, 2.45) is 5.92 Å². The summed E-state index contributed by atoms with van der Waals surface area (Å²) in [5, 5.41) is 6.56. The summed E-state index contributed by atoms with van der Waals surface area (Å²) in [4.78, 5) is 18.0. The summed E-state index contributed by atoms with van der Waals surface area (Å²) in [5.41, 5.74) is -0.255. The Kier molecular flexibility index (Phi) is 4.58. The Morgan fingerprint density at radius 2 is 2.50 bits per heavy atom. The molecule has 18 heavy (non-hydrogen) atoms. The predicted octanol–water partition coefficient (Wildman–Crippen LogP) is 0.580. The smallest absolute Gasteiger partial charge is 0.295 e. The van der Waals surface area contributed by atoms with Gasteiger partial charge in [-0.3, -0.25) is 4.79 Å². The van der Waals surface area contributed by atoms with Gasteiger partial charge in [-0.2, -0.15) is 0 Å². The minimum Gasteiger partial charge on any atom is -0.489 e. The maximum absolute atomic E-state index is 11.5. The number of hydrogen-bond donors (Lipinski definition) is 3. The van der Waals surface area contributed by atoms with Gasteiger partial charge in [0.2, 0.25) is 5.75 Å². The van der Waals surface area contributed by atoms with Crippen LogP contribution in [0.25, 0.3) is 0 Å². The van der Waals surface area contributed by atoms with Gasteiger partial charge in [0.15, 0.2) is 5.82 Å². The molecule has 100 valence electrons. The van der Waals surface area contributed by atoms with Crippen molar-refractivity contribution in [3.63, 3.8) is 0 Å². The highest BCUT2D eigenvalue weighted by atomic mass is 16.5. The molecule has 2 rings (SSSR count). The number of H-pyrrole nitrogens is 1. The number of piperidine rings is 1. The van der Waals surface area contributed by atoms with Gasteiger partial charge in [-0.25, -0.2) is 4.98 Å². The predicted molar refractivity (Wildman–Crippen MR) is 70.1 cm³/mol. The molecule has 0 amide bonds. The number of aromatic nitrogens is 2. The van der Waals surface area contributed by atoms with E-state index < -0.39 is 0 Å². The monoisotopic (exact) mass is 252 g/mol. The van der Waals surface area contributed by atoms with Crippen LogP contribution >= 0.6 is 0 Å². The third-order valence-corrected chi connectivity index (χ3v) is 3.26. The Bertz CT molecular complexity index is 426. The highest BCUT2D eigenvalue weighted by molar-refractivity contribution is 5.47. The first kappa shape index (κ1) is 12.9. The van der Waals surface area contributed by atoms with Gasteiger partial charge in [-0.1, -0.05) is 0 Å². The molecular weight excluding hydrogens is 232 g/mol. The van der Waals surface area contributed by atoms with Crippen LogP contribution in [0, 0.1) is 5.92 Å². The third-order valence-electron chi connectivity index (χ3n) is 3.26. The average Bonchev–Trinajstić information content (AvgIpc) is 2.40. The van der Waals surface area contributed by atoms with Crippen LogP contribution in [0.4, 0.5) is 5.82 Å². The van der Waals surface area contributed by atoms with E-state index in [0.29, 0.717) is 11.7 Å². The minimum absolute atomic E-state index is 0.249. The van der Waals surface area contributed by atoms with Gasteiger partial charge in [-0.15, -0.1) is 0 Å². The number of rotatable bonds is 5.